The Balaban J connectivity index is 1.78. The Hall–Kier alpha value is -3.39. The summed E-state index contributed by atoms with van der Waals surface area (Å²) in [6.07, 6.45) is 4.28. The van der Waals surface area contributed by atoms with Crippen LogP contribution in [-0.4, -0.2) is 25.7 Å². The van der Waals surface area contributed by atoms with Crippen molar-refractivity contribution in [1.82, 2.24) is 19.7 Å². The fourth-order valence-corrected chi connectivity index (χ4v) is 5.02. The number of hydrogen-bond acceptors (Lipinski definition) is 5. The van der Waals surface area contributed by atoms with Gasteiger partial charge in [0.2, 0.25) is 5.91 Å². The molecule has 0 saturated carbocycles. The highest BCUT2D eigenvalue weighted by molar-refractivity contribution is 7.19. The predicted octanol–water partition coefficient (Wildman–Crippen LogP) is 4.95. The van der Waals surface area contributed by atoms with E-state index >= 15 is 0 Å². The summed E-state index contributed by atoms with van der Waals surface area (Å²) in [4.78, 5) is 21.6. The Morgan fingerprint density at radius 2 is 2.03 bits per heavy atom. The minimum Gasteiger partial charge on any atom is -0.302 e. The van der Waals surface area contributed by atoms with Crippen LogP contribution in [0.2, 0.25) is 0 Å². The Labute approximate surface area is 182 Å². The Morgan fingerprint density at radius 1 is 1.19 bits per heavy atom. The molecular weight excluding hydrogens is 413 g/mol. The third-order valence-corrected chi connectivity index (χ3v) is 6.30. The molecule has 156 valence electrons. The first-order valence-corrected chi connectivity index (χ1v) is 10.9. The second-order valence-corrected chi connectivity index (χ2v) is 8.56. The lowest BCUT2D eigenvalue weighted by Gasteiger charge is -2.08. The standard InChI is InChI=1S/C23H20FN5OS/c1-13-10-11-15(12-25-13)20-16-6-5-8-18-22(31-23(27-18)26-14(2)30)21(16)29(28-20)19-9-4-3-7-17(19)24/h3-4,7,9-12H,5-6,8H2,1-2H3,(H,26,27,30). The SMILES string of the molecule is CC(=O)Nc1nc2c(s1)-c1c(c(-c3ccc(C)nc3)nn1-c1ccccc1F)CCC2. The van der Waals surface area contributed by atoms with Crippen LogP contribution in [0.25, 0.3) is 27.5 Å². The van der Waals surface area contributed by atoms with Gasteiger partial charge in [-0.1, -0.05) is 23.5 Å². The number of amides is 1. The van der Waals surface area contributed by atoms with Crippen molar-refractivity contribution in [3.05, 3.63) is 65.4 Å². The topological polar surface area (TPSA) is 72.7 Å². The number of aromatic nitrogens is 4. The molecule has 5 rings (SSSR count). The number of carbonyl (C=O) groups is 1. The van der Waals surface area contributed by atoms with E-state index in [1.165, 1.54) is 24.3 Å². The lowest BCUT2D eigenvalue weighted by Crippen LogP contribution is -2.05. The first kappa shape index (κ1) is 19.6. The van der Waals surface area contributed by atoms with Crippen molar-refractivity contribution in [2.24, 2.45) is 0 Å². The molecule has 0 radical (unpaired) electrons. The molecule has 1 aromatic carbocycles. The molecule has 0 fully saturated rings. The number of halogens is 1. The summed E-state index contributed by atoms with van der Waals surface area (Å²) in [6.45, 7) is 3.40. The zero-order chi connectivity index (χ0) is 21.5. The maximum absolute atomic E-state index is 14.8. The number of para-hydroxylation sites is 1. The van der Waals surface area contributed by atoms with Crippen molar-refractivity contribution in [3.63, 3.8) is 0 Å². The van der Waals surface area contributed by atoms with E-state index in [-0.39, 0.29) is 11.7 Å². The number of nitrogens with one attached hydrogen (secondary N) is 1. The van der Waals surface area contributed by atoms with E-state index in [0.29, 0.717) is 10.8 Å². The van der Waals surface area contributed by atoms with Gasteiger partial charge >= 0.3 is 0 Å². The van der Waals surface area contributed by atoms with Gasteiger partial charge in [-0.25, -0.2) is 14.1 Å². The number of aryl methyl sites for hydroxylation is 2. The highest BCUT2D eigenvalue weighted by Crippen LogP contribution is 2.43. The second-order valence-electron chi connectivity index (χ2n) is 7.56. The number of nitrogens with zero attached hydrogens (tertiary/aromatic N) is 4. The van der Waals surface area contributed by atoms with E-state index in [4.69, 9.17) is 5.10 Å². The van der Waals surface area contributed by atoms with Crippen molar-refractivity contribution in [2.45, 2.75) is 33.1 Å². The molecule has 3 heterocycles. The molecule has 0 saturated heterocycles. The molecule has 3 aromatic heterocycles. The zero-order valence-corrected chi connectivity index (χ0v) is 18.0. The van der Waals surface area contributed by atoms with Crippen LogP contribution in [0.5, 0.6) is 0 Å². The third-order valence-electron chi connectivity index (χ3n) is 5.28. The maximum Gasteiger partial charge on any atom is 0.223 e. The van der Waals surface area contributed by atoms with Gasteiger partial charge in [-0.3, -0.25) is 9.78 Å². The average Bonchev–Trinajstić information content (AvgIpc) is 3.25. The zero-order valence-electron chi connectivity index (χ0n) is 17.1. The summed E-state index contributed by atoms with van der Waals surface area (Å²) in [5.74, 6) is -0.517. The van der Waals surface area contributed by atoms with Gasteiger partial charge in [0.05, 0.1) is 22.0 Å². The molecule has 0 unspecified atom stereocenters. The number of anilines is 1. The average molecular weight is 434 g/mol. The van der Waals surface area contributed by atoms with Crippen LogP contribution >= 0.6 is 11.3 Å². The molecular formula is C23H20FN5OS. The summed E-state index contributed by atoms with van der Waals surface area (Å²) in [7, 11) is 0. The van der Waals surface area contributed by atoms with Gasteiger partial charge in [0.15, 0.2) is 5.13 Å². The van der Waals surface area contributed by atoms with Crippen molar-refractivity contribution in [1.29, 1.82) is 0 Å². The quantitative estimate of drug-likeness (QED) is 0.496. The number of thiazole rings is 1. The van der Waals surface area contributed by atoms with Crippen LogP contribution in [-0.2, 0) is 17.6 Å². The summed E-state index contributed by atoms with van der Waals surface area (Å²) < 4.78 is 16.5. The summed E-state index contributed by atoms with van der Waals surface area (Å²) in [5.41, 5.74) is 5.78. The Morgan fingerprint density at radius 3 is 2.77 bits per heavy atom. The van der Waals surface area contributed by atoms with Gasteiger partial charge in [-0.15, -0.1) is 0 Å². The van der Waals surface area contributed by atoms with Gasteiger partial charge < -0.3 is 5.32 Å². The van der Waals surface area contributed by atoms with Crippen LogP contribution in [0, 0.1) is 12.7 Å². The molecule has 8 heteroatoms. The number of hydrogen-bond donors (Lipinski definition) is 1. The Kier molecular flexibility index (Phi) is 4.86. The van der Waals surface area contributed by atoms with Crippen molar-refractivity contribution in [2.75, 3.05) is 5.32 Å². The molecule has 4 aromatic rings. The van der Waals surface area contributed by atoms with Gasteiger partial charge in [0.25, 0.3) is 0 Å². The van der Waals surface area contributed by atoms with Crippen molar-refractivity contribution >= 4 is 22.4 Å². The highest BCUT2D eigenvalue weighted by atomic mass is 32.1. The van der Waals surface area contributed by atoms with E-state index in [1.807, 2.05) is 25.3 Å². The third kappa shape index (κ3) is 3.53. The molecule has 0 spiro atoms. The van der Waals surface area contributed by atoms with Gasteiger partial charge in [-0.2, -0.15) is 5.10 Å². The minimum atomic E-state index is -0.348. The number of rotatable bonds is 3. The van der Waals surface area contributed by atoms with Crippen molar-refractivity contribution < 1.29 is 9.18 Å². The summed E-state index contributed by atoms with van der Waals surface area (Å²) in [5, 5.41) is 8.19. The van der Waals surface area contributed by atoms with Crippen molar-refractivity contribution in [3.8, 4) is 27.5 Å². The van der Waals surface area contributed by atoms with Crippen LogP contribution < -0.4 is 5.32 Å². The number of pyridine rings is 1. The normalized spacial score (nSPS) is 12.7. The van der Waals surface area contributed by atoms with E-state index in [1.54, 1.807) is 22.9 Å². The van der Waals surface area contributed by atoms with Crippen LogP contribution in [0.15, 0.2) is 42.6 Å². The molecule has 6 nitrogen and oxygen atoms in total. The van der Waals surface area contributed by atoms with E-state index in [2.05, 4.69) is 15.3 Å². The first-order valence-electron chi connectivity index (χ1n) is 10.1. The fourth-order valence-electron chi connectivity index (χ4n) is 3.90. The molecule has 1 aliphatic carbocycles. The molecule has 0 atom stereocenters. The predicted molar refractivity (Wildman–Crippen MR) is 119 cm³/mol. The van der Waals surface area contributed by atoms with Gasteiger partial charge in [-0.05, 0) is 50.5 Å². The lowest BCUT2D eigenvalue weighted by atomic mass is 10.0. The van der Waals surface area contributed by atoms with E-state index in [9.17, 15) is 9.18 Å². The maximum atomic E-state index is 14.8. The molecule has 31 heavy (non-hydrogen) atoms. The number of carbonyl (C=O) groups excluding carboxylic acids is 1. The van der Waals surface area contributed by atoms with Crippen LogP contribution in [0.4, 0.5) is 9.52 Å². The van der Waals surface area contributed by atoms with E-state index in [0.717, 1.165) is 58.0 Å². The van der Waals surface area contributed by atoms with Crippen LogP contribution in [0.3, 0.4) is 0 Å². The lowest BCUT2D eigenvalue weighted by molar-refractivity contribution is -0.114. The molecule has 1 amide bonds. The Bertz CT molecular complexity index is 1290. The molecule has 0 bridgehead atoms. The second kappa shape index (κ2) is 7.70. The fraction of sp³-hybridized carbons (Fsp3) is 0.217. The van der Waals surface area contributed by atoms with Crippen LogP contribution in [0.1, 0.15) is 30.3 Å². The number of benzene rings is 1. The smallest absolute Gasteiger partial charge is 0.223 e. The molecule has 1 aliphatic rings. The monoisotopic (exact) mass is 433 g/mol. The number of fused-ring (bicyclic) bond motifs is 3. The minimum absolute atomic E-state index is 0.168. The van der Waals surface area contributed by atoms with Gasteiger partial charge in [0, 0.05) is 29.9 Å². The summed E-state index contributed by atoms with van der Waals surface area (Å²) >= 11 is 1.40. The first-order chi connectivity index (χ1) is 15.0. The van der Waals surface area contributed by atoms with Gasteiger partial charge in [0.1, 0.15) is 11.5 Å². The molecule has 0 aliphatic heterocycles. The van der Waals surface area contributed by atoms with E-state index < -0.39 is 0 Å². The largest absolute Gasteiger partial charge is 0.302 e. The molecule has 1 N–H and O–H groups in total. The summed E-state index contributed by atoms with van der Waals surface area (Å²) in [6, 6.07) is 10.6. The highest BCUT2D eigenvalue weighted by Gasteiger charge is 2.29.